The zero-order valence-electron chi connectivity index (χ0n) is 42.5. The molecule has 0 aromatic rings. The van der Waals surface area contributed by atoms with E-state index in [1.165, 1.54) is 199 Å². The largest absolute Gasteiger partial charge is 0.462 e. The van der Waals surface area contributed by atoms with Crippen molar-refractivity contribution in [3.8, 4) is 0 Å². The Balaban J connectivity index is 4.21. The molecule has 6 nitrogen and oxygen atoms in total. The van der Waals surface area contributed by atoms with E-state index in [0.29, 0.717) is 19.3 Å². The summed E-state index contributed by atoms with van der Waals surface area (Å²) in [6.07, 6.45) is 50.9. The second-order valence-electron chi connectivity index (χ2n) is 19.7. The van der Waals surface area contributed by atoms with Gasteiger partial charge in [0.15, 0.2) is 6.10 Å². The summed E-state index contributed by atoms with van der Waals surface area (Å²) in [5, 5.41) is 0. The number of rotatable bonds is 50. The lowest BCUT2D eigenvalue weighted by atomic mass is 9.99. The van der Waals surface area contributed by atoms with Crippen molar-refractivity contribution in [1.82, 2.24) is 0 Å². The molecule has 2 unspecified atom stereocenters. The van der Waals surface area contributed by atoms with Crippen LogP contribution in [0.4, 0.5) is 0 Å². The van der Waals surface area contributed by atoms with Gasteiger partial charge in [-0.15, -0.1) is 0 Å². The predicted molar refractivity (Wildman–Crippen MR) is 266 cm³/mol. The maximum atomic E-state index is 12.8. The minimum absolute atomic E-state index is 0.0639. The highest BCUT2D eigenvalue weighted by molar-refractivity contribution is 5.71. The van der Waals surface area contributed by atoms with Gasteiger partial charge in [-0.1, -0.05) is 272 Å². The lowest BCUT2D eigenvalue weighted by Crippen LogP contribution is -2.30. The average Bonchev–Trinajstić information content (AvgIpc) is 3.27. The Morgan fingerprint density at radius 1 is 0.323 bits per heavy atom. The summed E-state index contributed by atoms with van der Waals surface area (Å²) in [6, 6.07) is 0. The lowest BCUT2D eigenvalue weighted by Gasteiger charge is -2.18. The summed E-state index contributed by atoms with van der Waals surface area (Å²) in [4.78, 5) is 38.0. The average molecular weight is 877 g/mol. The maximum Gasteiger partial charge on any atom is 0.306 e. The molecule has 368 valence electrons. The third-order valence-corrected chi connectivity index (χ3v) is 13.4. The van der Waals surface area contributed by atoms with Gasteiger partial charge in [-0.25, -0.2) is 0 Å². The number of esters is 3. The molecule has 0 heterocycles. The SMILES string of the molecule is CCCCCCCCCCCCCCC(=O)OC[C@@H](COC(=O)CCCCCCCCC(C)CC)OC(=O)CCCCCCCCCCCCCCCCCCCCC(C)CC. The summed E-state index contributed by atoms with van der Waals surface area (Å²) < 4.78 is 16.8. The fourth-order valence-corrected chi connectivity index (χ4v) is 8.46. The van der Waals surface area contributed by atoms with E-state index >= 15 is 0 Å². The molecule has 0 fully saturated rings. The van der Waals surface area contributed by atoms with Gasteiger partial charge in [0, 0.05) is 19.3 Å². The van der Waals surface area contributed by atoms with Crippen LogP contribution in [0.3, 0.4) is 0 Å². The normalized spacial score (nSPS) is 12.9. The first-order valence-electron chi connectivity index (χ1n) is 27.8. The van der Waals surface area contributed by atoms with Crippen LogP contribution in [0, 0.1) is 11.8 Å². The van der Waals surface area contributed by atoms with Crippen LogP contribution in [-0.2, 0) is 28.6 Å². The predicted octanol–water partition coefficient (Wildman–Crippen LogP) is 18.1. The highest BCUT2D eigenvalue weighted by Crippen LogP contribution is 2.19. The molecular formula is C56H108O6. The molecule has 0 bridgehead atoms. The molecule has 0 aliphatic carbocycles. The Morgan fingerprint density at radius 2 is 0.565 bits per heavy atom. The molecule has 0 radical (unpaired) electrons. The van der Waals surface area contributed by atoms with Crippen molar-refractivity contribution in [3.05, 3.63) is 0 Å². The molecule has 0 aromatic heterocycles. The van der Waals surface area contributed by atoms with Crippen LogP contribution in [0.25, 0.3) is 0 Å². The molecular weight excluding hydrogens is 769 g/mol. The monoisotopic (exact) mass is 877 g/mol. The van der Waals surface area contributed by atoms with Gasteiger partial charge in [-0.3, -0.25) is 14.4 Å². The molecule has 3 atom stereocenters. The summed E-state index contributed by atoms with van der Waals surface area (Å²) in [6.45, 7) is 11.4. The van der Waals surface area contributed by atoms with Gasteiger partial charge < -0.3 is 14.2 Å². The highest BCUT2D eigenvalue weighted by Gasteiger charge is 2.19. The van der Waals surface area contributed by atoms with E-state index in [1.807, 2.05) is 0 Å². The minimum Gasteiger partial charge on any atom is -0.462 e. The first-order chi connectivity index (χ1) is 30.3. The van der Waals surface area contributed by atoms with E-state index in [1.54, 1.807) is 0 Å². The fourth-order valence-electron chi connectivity index (χ4n) is 8.46. The highest BCUT2D eigenvalue weighted by atomic mass is 16.6. The van der Waals surface area contributed by atoms with E-state index in [4.69, 9.17) is 14.2 Å². The van der Waals surface area contributed by atoms with Crippen molar-refractivity contribution in [2.24, 2.45) is 11.8 Å². The molecule has 0 aromatic carbocycles. The number of ether oxygens (including phenoxy) is 3. The molecule has 0 amide bonds. The molecule has 0 spiro atoms. The van der Waals surface area contributed by atoms with Crippen LogP contribution >= 0.6 is 0 Å². The van der Waals surface area contributed by atoms with E-state index in [0.717, 1.165) is 69.6 Å². The van der Waals surface area contributed by atoms with Gasteiger partial charge in [0.2, 0.25) is 0 Å². The number of carbonyl (C=O) groups excluding carboxylic acids is 3. The van der Waals surface area contributed by atoms with Crippen molar-refractivity contribution in [2.45, 2.75) is 317 Å². The van der Waals surface area contributed by atoms with Crippen LogP contribution in [0.5, 0.6) is 0 Å². The summed E-state index contributed by atoms with van der Waals surface area (Å²) in [5.74, 6) is 0.876. The van der Waals surface area contributed by atoms with Gasteiger partial charge in [-0.2, -0.15) is 0 Å². The summed E-state index contributed by atoms with van der Waals surface area (Å²) >= 11 is 0. The van der Waals surface area contributed by atoms with E-state index < -0.39 is 6.10 Å². The van der Waals surface area contributed by atoms with Crippen LogP contribution in [-0.4, -0.2) is 37.2 Å². The Kier molecular flexibility index (Phi) is 47.6. The van der Waals surface area contributed by atoms with E-state index in [9.17, 15) is 14.4 Å². The first-order valence-corrected chi connectivity index (χ1v) is 27.8. The van der Waals surface area contributed by atoms with Gasteiger partial charge in [0.1, 0.15) is 13.2 Å². The number of hydrogen-bond donors (Lipinski definition) is 0. The quantitative estimate of drug-likeness (QED) is 0.0344. The smallest absolute Gasteiger partial charge is 0.306 e. The van der Waals surface area contributed by atoms with Crippen LogP contribution in [0.1, 0.15) is 311 Å². The molecule has 62 heavy (non-hydrogen) atoms. The topological polar surface area (TPSA) is 78.9 Å². The molecule has 0 saturated carbocycles. The molecule has 0 aliphatic rings. The Bertz CT molecular complexity index is 951. The van der Waals surface area contributed by atoms with Gasteiger partial charge in [0.25, 0.3) is 0 Å². The Hall–Kier alpha value is -1.59. The number of carbonyl (C=O) groups is 3. The Morgan fingerprint density at radius 3 is 0.839 bits per heavy atom. The molecule has 0 rings (SSSR count). The van der Waals surface area contributed by atoms with Crippen LogP contribution < -0.4 is 0 Å². The third kappa shape index (κ3) is 46.4. The summed E-state index contributed by atoms with van der Waals surface area (Å²) in [7, 11) is 0. The molecule has 0 N–H and O–H groups in total. The minimum atomic E-state index is -0.762. The van der Waals surface area contributed by atoms with Gasteiger partial charge >= 0.3 is 17.9 Å². The third-order valence-electron chi connectivity index (χ3n) is 13.4. The Labute approximate surface area is 387 Å². The van der Waals surface area contributed by atoms with Crippen LogP contribution in [0.2, 0.25) is 0 Å². The van der Waals surface area contributed by atoms with Crippen molar-refractivity contribution < 1.29 is 28.6 Å². The van der Waals surface area contributed by atoms with Gasteiger partial charge in [0.05, 0.1) is 0 Å². The van der Waals surface area contributed by atoms with Crippen LogP contribution in [0.15, 0.2) is 0 Å². The lowest BCUT2D eigenvalue weighted by molar-refractivity contribution is -0.167. The van der Waals surface area contributed by atoms with Crippen molar-refractivity contribution >= 4 is 17.9 Å². The number of hydrogen-bond acceptors (Lipinski definition) is 6. The second kappa shape index (κ2) is 48.9. The molecule has 0 aliphatic heterocycles. The summed E-state index contributed by atoms with van der Waals surface area (Å²) in [5.41, 5.74) is 0. The molecule has 6 heteroatoms. The van der Waals surface area contributed by atoms with Crippen molar-refractivity contribution in [1.29, 1.82) is 0 Å². The standard InChI is InChI=1S/C56H108O6/c1-6-9-10-11-12-13-14-24-27-30-36-41-46-54(57)60-49-53(50-61-55(58)47-42-37-33-32-35-40-45-52(5)8-3)62-56(59)48-43-38-31-28-25-22-20-18-16-15-17-19-21-23-26-29-34-39-44-51(4)7-2/h51-53H,6-50H2,1-5H3/t51?,52?,53-/m0/s1. The zero-order valence-corrected chi connectivity index (χ0v) is 42.5. The first kappa shape index (κ1) is 60.4. The maximum absolute atomic E-state index is 12.8. The van der Waals surface area contributed by atoms with Gasteiger partial charge in [-0.05, 0) is 31.1 Å². The zero-order chi connectivity index (χ0) is 45.4. The van der Waals surface area contributed by atoms with Crippen molar-refractivity contribution in [2.75, 3.05) is 13.2 Å². The van der Waals surface area contributed by atoms with Crippen molar-refractivity contribution in [3.63, 3.8) is 0 Å². The van der Waals surface area contributed by atoms with E-state index in [-0.39, 0.29) is 31.1 Å². The number of unbranched alkanes of at least 4 members (excludes halogenated alkanes) is 33. The molecule has 0 saturated heterocycles. The second-order valence-corrected chi connectivity index (χ2v) is 19.7. The van der Waals surface area contributed by atoms with E-state index in [2.05, 4.69) is 34.6 Å². The fraction of sp³-hybridized carbons (Fsp3) is 0.946.